The quantitative estimate of drug-likeness (QED) is 0.753. The molecule has 3 aromatic rings. The van der Waals surface area contributed by atoms with Gasteiger partial charge in [0.05, 0.1) is 23.9 Å². The van der Waals surface area contributed by atoms with E-state index < -0.39 is 15.8 Å². The zero-order valence-corrected chi connectivity index (χ0v) is 14.6. The number of primary sulfonamides is 1. The largest absolute Gasteiger partial charge is 0.494 e. The molecule has 130 valence electrons. The molecule has 0 spiro atoms. The summed E-state index contributed by atoms with van der Waals surface area (Å²) in [5, 5.41) is 5.24. The molecule has 3 rings (SSSR count). The summed E-state index contributed by atoms with van der Waals surface area (Å²) in [5.74, 6) is -0.396. The lowest BCUT2D eigenvalue weighted by Gasteiger charge is -2.11. The third-order valence-corrected chi connectivity index (χ3v) is 4.79. The van der Waals surface area contributed by atoms with Gasteiger partial charge in [0.15, 0.2) is 11.6 Å². The molecule has 0 aliphatic rings. The standard InChI is InChI=1S/C16H13ClFN3O3S/c1-24-15-7-2-10(8-13(15)18)14-9-20-16(17)21(14)11-3-5-12(6-4-11)25(19,22)23/h2-9H,1H3,(H2,19,22,23)/i1-1. The van der Waals surface area contributed by atoms with Gasteiger partial charge in [-0.3, -0.25) is 4.57 Å². The van der Waals surface area contributed by atoms with Gasteiger partial charge in [0.2, 0.25) is 15.3 Å². The van der Waals surface area contributed by atoms with Crippen molar-refractivity contribution in [2.75, 3.05) is 7.11 Å². The number of nitrogens with two attached hydrogens (primary N) is 1. The number of aromatic nitrogens is 2. The SMILES string of the molecule is [11CH3]Oc1ccc(-c2cnc(Cl)n2-c2ccc(S(N)(=O)=O)cc2)cc1F. The Morgan fingerprint density at radius 1 is 1.20 bits per heavy atom. The van der Waals surface area contributed by atoms with Gasteiger partial charge in [0.25, 0.3) is 0 Å². The van der Waals surface area contributed by atoms with Crippen LogP contribution in [0.1, 0.15) is 0 Å². The molecule has 9 heteroatoms. The molecule has 2 N–H and O–H groups in total. The first-order chi connectivity index (χ1) is 11.8. The van der Waals surface area contributed by atoms with Crippen LogP contribution in [0.5, 0.6) is 5.75 Å². The van der Waals surface area contributed by atoms with Gasteiger partial charge in [-0.15, -0.1) is 0 Å². The van der Waals surface area contributed by atoms with Crippen molar-refractivity contribution in [1.29, 1.82) is 0 Å². The Kier molecular flexibility index (Phi) is 4.51. The van der Waals surface area contributed by atoms with Crippen LogP contribution in [0.4, 0.5) is 4.39 Å². The van der Waals surface area contributed by atoms with Crippen LogP contribution in [0, 0.1) is 5.82 Å². The van der Waals surface area contributed by atoms with E-state index in [1.807, 2.05) is 0 Å². The molecule has 0 atom stereocenters. The van der Waals surface area contributed by atoms with Gasteiger partial charge >= 0.3 is 0 Å². The molecule has 0 fully saturated rings. The van der Waals surface area contributed by atoms with Gasteiger partial charge in [-0.2, -0.15) is 0 Å². The molecule has 1 heterocycles. The smallest absolute Gasteiger partial charge is 0.238 e. The van der Waals surface area contributed by atoms with Crippen LogP contribution < -0.4 is 9.88 Å². The van der Waals surface area contributed by atoms with Crippen LogP contribution in [0.15, 0.2) is 53.6 Å². The summed E-state index contributed by atoms with van der Waals surface area (Å²) in [6.07, 6.45) is 1.50. The van der Waals surface area contributed by atoms with Crippen LogP contribution in [-0.4, -0.2) is 25.1 Å². The van der Waals surface area contributed by atoms with Gasteiger partial charge in [0.1, 0.15) is 0 Å². The lowest BCUT2D eigenvalue weighted by atomic mass is 10.1. The molecule has 0 radical (unpaired) electrons. The highest BCUT2D eigenvalue weighted by Crippen LogP contribution is 2.30. The number of nitrogens with zero attached hydrogens (tertiary/aromatic N) is 2. The van der Waals surface area contributed by atoms with E-state index in [2.05, 4.69) is 4.98 Å². The fourth-order valence-electron chi connectivity index (χ4n) is 2.39. The zero-order chi connectivity index (χ0) is 18.2. The number of rotatable bonds is 4. The molecular weight excluding hydrogens is 368 g/mol. The summed E-state index contributed by atoms with van der Waals surface area (Å²) in [6, 6.07) is 10.3. The Morgan fingerprint density at radius 2 is 1.88 bits per heavy atom. The van der Waals surface area contributed by atoms with E-state index >= 15 is 0 Å². The molecule has 0 aliphatic carbocycles. The molecule has 0 bridgehead atoms. The van der Waals surface area contributed by atoms with Crippen molar-refractivity contribution in [1.82, 2.24) is 9.55 Å². The number of halogens is 2. The van der Waals surface area contributed by atoms with Crippen LogP contribution in [0.2, 0.25) is 5.28 Å². The van der Waals surface area contributed by atoms with Crippen molar-refractivity contribution in [2.24, 2.45) is 5.14 Å². The van der Waals surface area contributed by atoms with Crippen molar-refractivity contribution in [3.63, 3.8) is 0 Å². The minimum absolute atomic E-state index is 0.0236. The Hall–Kier alpha value is -2.42. The Bertz CT molecular complexity index is 1030. The number of sulfonamides is 1. The highest BCUT2D eigenvalue weighted by atomic mass is 35.5. The van der Waals surface area contributed by atoms with E-state index in [9.17, 15) is 12.8 Å². The summed E-state index contributed by atoms with van der Waals surface area (Å²) in [7, 11) is -2.41. The Balaban J connectivity index is 2.10. The van der Waals surface area contributed by atoms with Crippen molar-refractivity contribution in [3.05, 3.63) is 59.8 Å². The lowest BCUT2D eigenvalue weighted by molar-refractivity contribution is 0.386. The maximum Gasteiger partial charge on any atom is 0.238 e. The second kappa shape index (κ2) is 6.47. The van der Waals surface area contributed by atoms with Gasteiger partial charge in [-0.25, -0.2) is 22.9 Å². The second-order valence-electron chi connectivity index (χ2n) is 5.14. The Labute approximate surface area is 148 Å². The van der Waals surface area contributed by atoms with Crippen LogP contribution in [0.3, 0.4) is 0 Å². The van der Waals surface area contributed by atoms with E-state index in [-0.39, 0.29) is 15.9 Å². The molecular formula is C16H13ClFN3O3S. The molecule has 1 aromatic heterocycles. The Morgan fingerprint density at radius 3 is 2.44 bits per heavy atom. The highest BCUT2D eigenvalue weighted by molar-refractivity contribution is 7.89. The topological polar surface area (TPSA) is 87.2 Å². The molecule has 25 heavy (non-hydrogen) atoms. The van der Waals surface area contributed by atoms with Crippen LogP contribution >= 0.6 is 11.6 Å². The molecule has 0 saturated carbocycles. The maximum absolute atomic E-state index is 14.0. The summed E-state index contributed by atoms with van der Waals surface area (Å²) < 4.78 is 43.2. The summed E-state index contributed by atoms with van der Waals surface area (Å²) in [6.45, 7) is 0. The number of hydrogen-bond acceptors (Lipinski definition) is 4. The number of imidazole rings is 1. The van der Waals surface area contributed by atoms with Gasteiger partial charge in [-0.05, 0) is 54.1 Å². The van der Waals surface area contributed by atoms with Gasteiger partial charge < -0.3 is 4.74 Å². The van der Waals surface area contributed by atoms with Gasteiger partial charge in [-0.1, -0.05) is 0 Å². The first-order valence-corrected chi connectivity index (χ1v) is 8.94. The predicted molar refractivity (Wildman–Crippen MR) is 91.9 cm³/mol. The lowest BCUT2D eigenvalue weighted by Crippen LogP contribution is -2.12. The minimum atomic E-state index is -3.80. The fraction of sp³-hybridized carbons (Fsp3) is 0.0625. The third-order valence-electron chi connectivity index (χ3n) is 3.59. The summed E-state index contributed by atoms with van der Waals surface area (Å²) >= 11 is 6.15. The number of benzene rings is 2. The molecule has 0 unspecified atom stereocenters. The number of ether oxygens (including phenoxy) is 1. The van der Waals surface area contributed by atoms with E-state index in [1.165, 1.54) is 49.7 Å². The molecule has 0 saturated heterocycles. The summed E-state index contributed by atoms with van der Waals surface area (Å²) in [5.41, 5.74) is 1.63. The summed E-state index contributed by atoms with van der Waals surface area (Å²) in [4.78, 5) is 4.02. The average molecular weight is 381 g/mol. The maximum atomic E-state index is 14.0. The molecule has 2 aromatic carbocycles. The predicted octanol–water partition coefficient (Wildman–Crippen LogP) is 2.99. The monoisotopic (exact) mass is 380 g/mol. The van der Waals surface area contributed by atoms with E-state index in [1.54, 1.807) is 10.6 Å². The van der Waals surface area contributed by atoms with Gasteiger partial charge in [0, 0.05) is 11.3 Å². The first-order valence-electron chi connectivity index (χ1n) is 7.01. The molecule has 0 aliphatic heterocycles. The van der Waals surface area contributed by atoms with Crippen LogP contribution in [0.25, 0.3) is 16.9 Å². The average Bonchev–Trinajstić information content (AvgIpc) is 2.95. The number of methoxy groups -OCH3 is 1. The zero-order valence-electron chi connectivity index (χ0n) is 13.0. The fourth-order valence-corrected chi connectivity index (χ4v) is 3.14. The minimum Gasteiger partial charge on any atom is -0.494 e. The van der Waals surface area contributed by atoms with Crippen molar-refractivity contribution in [2.45, 2.75) is 4.90 Å². The highest BCUT2D eigenvalue weighted by Gasteiger charge is 2.15. The van der Waals surface area contributed by atoms with Crippen molar-refractivity contribution < 1.29 is 17.5 Å². The van der Waals surface area contributed by atoms with Crippen LogP contribution in [-0.2, 0) is 10.0 Å². The second-order valence-corrected chi connectivity index (χ2v) is 7.04. The number of hydrogen-bond donors (Lipinski definition) is 1. The van der Waals surface area contributed by atoms with E-state index in [0.29, 0.717) is 16.9 Å². The first kappa shape index (κ1) is 17.4. The third kappa shape index (κ3) is 3.37. The van der Waals surface area contributed by atoms with E-state index in [4.69, 9.17) is 21.5 Å². The molecule has 6 nitrogen and oxygen atoms in total. The van der Waals surface area contributed by atoms with Crippen molar-refractivity contribution >= 4 is 21.6 Å². The molecule has 0 amide bonds. The normalized spacial score (nSPS) is 11.5. The van der Waals surface area contributed by atoms with E-state index in [0.717, 1.165) is 0 Å². The van der Waals surface area contributed by atoms with Crippen molar-refractivity contribution in [3.8, 4) is 22.7 Å².